The average molecular weight is 376 g/mol. The summed E-state index contributed by atoms with van der Waals surface area (Å²) < 4.78 is 0.811. The van der Waals surface area contributed by atoms with Gasteiger partial charge in [-0.15, -0.1) is 0 Å². The first-order valence-electron chi connectivity index (χ1n) is 5.41. The molecule has 0 bridgehead atoms. The van der Waals surface area contributed by atoms with Crippen molar-refractivity contribution < 1.29 is 4.79 Å². The van der Waals surface area contributed by atoms with Crippen molar-refractivity contribution in [2.75, 3.05) is 10.7 Å². The van der Waals surface area contributed by atoms with E-state index in [2.05, 4.69) is 31.7 Å². The smallest absolute Gasteiger partial charge is 0.275 e. The first kappa shape index (κ1) is 15.1. The van der Waals surface area contributed by atoms with Crippen molar-refractivity contribution in [2.45, 2.75) is 0 Å². The molecule has 0 radical (unpaired) electrons. The normalized spacial score (nSPS) is 10.2. The van der Waals surface area contributed by atoms with Crippen molar-refractivity contribution in [3.63, 3.8) is 0 Å². The predicted molar refractivity (Wildman–Crippen MR) is 84.2 cm³/mol. The zero-order chi connectivity index (χ0) is 14.7. The molecule has 2 rings (SSSR count). The highest BCUT2D eigenvalue weighted by Gasteiger charge is 2.14. The number of halogens is 3. The minimum atomic E-state index is -0.476. The summed E-state index contributed by atoms with van der Waals surface area (Å²) in [5, 5.41) is 3.26. The van der Waals surface area contributed by atoms with Crippen LogP contribution in [0.25, 0.3) is 0 Å². The number of carbonyl (C=O) groups is 1. The Morgan fingerprint density at radius 1 is 1.20 bits per heavy atom. The number of aromatic nitrogens is 1. The van der Waals surface area contributed by atoms with Gasteiger partial charge in [0.05, 0.1) is 15.7 Å². The van der Waals surface area contributed by atoms with E-state index < -0.39 is 5.91 Å². The number of hydrogen-bond donors (Lipinski definition) is 3. The fraction of sp³-hybridized carbons (Fsp3) is 0. The van der Waals surface area contributed by atoms with Crippen LogP contribution in [0.3, 0.4) is 0 Å². The lowest BCUT2D eigenvalue weighted by Gasteiger charge is -2.09. The Hall–Kier alpha value is -1.34. The minimum Gasteiger partial charge on any atom is -0.319 e. The lowest BCUT2D eigenvalue weighted by Crippen LogP contribution is -2.17. The van der Waals surface area contributed by atoms with E-state index in [4.69, 9.17) is 29.0 Å². The summed E-state index contributed by atoms with van der Waals surface area (Å²) in [5.74, 6) is 5.11. The van der Waals surface area contributed by atoms with Crippen molar-refractivity contribution in [1.29, 1.82) is 0 Å². The second kappa shape index (κ2) is 6.41. The molecular formula is C12H9BrCl2N4O. The van der Waals surface area contributed by atoms with Gasteiger partial charge in [-0.25, -0.2) is 10.8 Å². The molecule has 4 N–H and O–H groups in total. The van der Waals surface area contributed by atoms with E-state index in [0.29, 0.717) is 16.5 Å². The van der Waals surface area contributed by atoms with Crippen LogP contribution in [0.5, 0.6) is 0 Å². The van der Waals surface area contributed by atoms with Crippen LogP contribution >= 0.6 is 39.1 Å². The molecule has 5 nitrogen and oxygen atoms in total. The van der Waals surface area contributed by atoms with Gasteiger partial charge in [-0.05, 0) is 30.3 Å². The van der Waals surface area contributed by atoms with E-state index in [0.717, 1.165) is 4.47 Å². The molecule has 104 valence electrons. The maximum atomic E-state index is 12.1. The highest BCUT2D eigenvalue weighted by atomic mass is 79.9. The van der Waals surface area contributed by atoms with Crippen molar-refractivity contribution in [2.24, 2.45) is 5.84 Å². The van der Waals surface area contributed by atoms with E-state index in [1.54, 1.807) is 24.3 Å². The maximum Gasteiger partial charge on any atom is 0.275 e. The molecule has 1 aromatic heterocycles. The first-order valence-corrected chi connectivity index (χ1v) is 6.95. The number of pyridine rings is 1. The van der Waals surface area contributed by atoms with Crippen LogP contribution in [-0.2, 0) is 0 Å². The molecule has 8 heteroatoms. The Labute approximate surface area is 133 Å². The number of nitrogens with zero attached hydrogens (tertiary/aromatic N) is 1. The third kappa shape index (κ3) is 3.40. The number of benzene rings is 1. The van der Waals surface area contributed by atoms with Crippen LogP contribution in [-0.4, -0.2) is 10.9 Å². The Kier molecular flexibility index (Phi) is 4.82. The zero-order valence-electron chi connectivity index (χ0n) is 9.95. The Morgan fingerprint density at radius 3 is 2.60 bits per heavy atom. The van der Waals surface area contributed by atoms with E-state index in [-0.39, 0.29) is 10.7 Å². The van der Waals surface area contributed by atoms with Crippen LogP contribution in [0, 0.1) is 0 Å². The summed E-state index contributed by atoms with van der Waals surface area (Å²) >= 11 is 15.3. The van der Waals surface area contributed by atoms with Gasteiger partial charge in [0.1, 0.15) is 11.5 Å². The lowest BCUT2D eigenvalue weighted by molar-refractivity contribution is 0.102. The van der Waals surface area contributed by atoms with Crippen LogP contribution < -0.4 is 16.6 Å². The SMILES string of the molecule is NNc1ccc(Cl)c(C(=O)Nc2ccc(Br)cc2Cl)n1. The van der Waals surface area contributed by atoms with Gasteiger partial charge in [0.25, 0.3) is 5.91 Å². The molecule has 1 aromatic carbocycles. The monoisotopic (exact) mass is 374 g/mol. The summed E-state index contributed by atoms with van der Waals surface area (Å²) in [4.78, 5) is 16.1. The highest BCUT2D eigenvalue weighted by Crippen LogP contribution is 2.26. The van der Waals surface area contributed by atoms with Crippen molar-refractivity contribution in [3.05, 3.63) is 50.5 Å². The van der Waals surface area contributed by atoms with E-state index in [1.807, 2.05) is 0 Å². The molecule has 0 saturated carbocycles. The molecule has 0 spiro atoms. The number of nitrogens with two attached hydrogens (primary N) is 1. The topological polar surface area (TPSA) is 80.0 Å². The van der Waals surface area contributed by atoms with Gasteiger partial charge >= 0.3 is 0 Å². The maximum absolute atomic E-state index is 12.1. The average Bonchev–Trinajstić information content (AvgIpc) is 2.42. The molecule has 2 aromatic rings. The third-order valence-electron chi connectivity index (χ3n) is 2.39. The summed E-state index contributed by atoms with van der Waals surface area (Å²) in [7, 11) is 0. The molecule has 0 aliphatic rings. The standard InChI is InChI=1S/C12H9BrCl2N4O/c13-6-1-3-9(8(15)5-6)17-12(20)11-7(14)2-4-10(18-11)19-16/h1-5H,16H2,(H,17,20)(H,18,19). The van der Waals surface area contributed by atoms with Gasteiger partial charge in [0, 0.05) is 4.47 Å². The number of hydrazine groups is 1. The second-order valence-electron chi connectivity index (χ2n) is 3.75. The Bertz CT molecular complexity index is 666. The molecule has 20 heavy (non-hydrogen) atoms. The van der Waals surface area contributed by atoms with Gasteiger partial charge in [0.2, 0.25) is 0 Å². The number of nitrogen functional groups attached to an aromatic ring is 1. The predicted octanol–water partition coefficient (Wildman–Crippen LogP) is 3.69. The quantitative estimate of drug-likeness (QED) is 0.564. The number of carbonyl (C=O) groups excluding carboxylic acids is 1. The van der Waals surface area contributed by atoms with Gasteiger partial charge in [-0.2, -0.15) is 0 Å². The fourth-order valence-corrected chi connectivity index (χ4v) is 2.37. The van der Waals surface area contributed by atoms with Gasteiger partial charge in [-0.1, -0.05) is 39.1 Å². The minimum absolute atomic E-state index is 0.0566. The van der Waals surface area contributed by atoms with Crippen LogP contribution in [0.15, 0.2) is 34.8 Å². The molecule has 0 saturated heterocycles. The van der Waals surface area contributed by atoms with E-state index >= 15 is 0 Å². The van der Waals surface area contributed by atoms with E-state index in [1.165, 1.54) is 6.07 Å². The summed E-state index contributed by atoms with van der Waals surface area (Å²) in [6, 6.07) is 8.19. The number of hydrogen-bond acceptors (Lipinski definition) is 4. The summed E-state index contributed by atoms with van der Waals surface area (Å²) in [6.45, 7) is 0. The Morgan fingerprint density at radius 2 is 1.95 bits per heavy atom. The zero-order valence-corrected chi connectivity index (χ0v) is 13.1. The van der Waals surface area contributed by atoms with Crippen LogP contribution in [0.4, 0.5) is 11.5 Å². The number of nitrogens with one attached hydrogen (secondary N) is 2. The number of anilines is 2. The molecule has 1 amide bonds. The summed E-state index contributed by atoms with van der Waals surface area (Å²) in [5.41, 5.74) is 2.87. The molecular weight excluding hydrogens is 367 g/mol. The van der Waals surface area contributed by atoms with Gasteiger partial charge in [0.15, 0.2) is 0 Å². The lowest BCUT2D eigenvalue weighted by atomic mass is 10.3. The van der Waals surface area contributed by atoms with Crippen molar-refractivity contribution >= 4 is 56.5 Å². The number of amides is 1. The molecule has 0 fully saturated rings. The van der Waals surface area contributed by atoms with Gasteiger partial charge < -0.3 is 10.7 Å². The summed E-state index contributed by atoms with van der Waals surface area (Å²) in [6.07, 6.45) is 0. The van der Waals surface area contributed by atoms with Gasteiger partial charge in [-0.3, -0.25) is 4.79 Å². The van der Waals surface area contributed by atoms with Crippen molar-refractivity contribution in [3.8, 4) is 0 Å². The first-order chi connectivity index (χ1) is 9.51. The third-order valence-corrected chi connectivity index (χ3v) is 3.50. The van der Waals surface area contributed by atoms with Crippen LogP contribution in [0.1, 0.15) is 10.5 Å². The second-order valence-corrected chi connectivity index (χ2v) is 5.48. The van der Waals surface area contributed by atoms with E-state index in [9.17, 15) is 4.79 Å². The Balaban J connectivity index is 2.28. The molecule has 1 heterocycles. The molecule has 0 aliphatic heterocycles. The van der Waals surface area contributed by atoms with Crippen LogP contribution in [0.2, 0.25) is 10.0 Å². The molecule has 0 atom stereocenters. The molecule has 0 unspecified atom stereocenters. The molecule has 0 aliphatic carbocycles. The fourth-order valence-electron chi connectivity index (χ4n) is 1.45. The highest BCUT2D eigenvalue weighted by molar-refractivity contribution is 9.10. The number of rotatable bonds is 3. The largest absolute Gasteiger partial charge is 0.319 e. The van der Waals surface area contributed by atoms with Crippen molar-refractivity contribution in [1.82, 2.24) is 4.98 Å².